The van der Waals surface area contributed by atoms with E-state index in [4.69, 9.17) is 5.11 Å². The monoisotopic (exact) mass is 214 g/mol. The first-order valence-corrected chi connectivity index (χ1v) is 5.63. The van der Waals surface area contributed by atoms with Crippen molar-refractivity contribution in [3.8, 4) is 0 Å². The third-order valence-corrected chi connectivity index (χ3v) is 2.70. The Labute approximate surface area is 91.9 Å². The van der Waals surface area contributed by atoms with Crippen LogP contribution in [0.15, 0.2) is 0 Å². The lowest BCUT2D eigenvalue weighted by Crippen LogP contribution is -2.56. The molecular formula is C11H22N2O2. The highest BCUT2D eigenvalue weighted by Gasteiger charge is 2.29. The standard InChI is InChI=1S/C11H22N2O2/c1-8(2)13(9(3)4)11(15)7-12-5-10(14)6-12/h8-10,14H,5-7H2,1-4H3. The van der Waals surface area contributed by atoms with Crippen LogP contribution in [0.25, 0.3) is 0 Å². The molecule has 0 aromatic rings. The maximum atomic E-state index is 11.9. The summed E-state index contributed by atoms with van der Waals surface area (Å²) in [5, 5.41) is 9.12. The first-order chi connectivity index (χ1) is 6.91. The van der Waals surface area contributed by atoms with E-state index in [0.29, 0.717) is 19.6 Å². The van der Waals surface area contributed by atoms with E-state index in [-0.39, 0.29) is 24.1 Å². The first-order valence-electron chi connectivity index (χ1n) is 5.63. The zero-order valence-corrected chi connectivity index (χ0v) is 10.1. The van der Waals surface area contributed by atoms with Crippen LogP contribution in [0, 0.1) is 0 Å². The molecule has 0 saturated carbocycles. The lowest BCUT2D eigenvalue weighted by Gasteiger charge is -2.38. The number of β-amino-alcohol motifs (C(OH)–C–C–N with tert-alkyl or cyclic N) is 1. The Kier molecular flexibility index (Phi) is 4.11. The fourth-order valence-electron chi connectivity index (χ4n) is 2.12. The van der Waals surface area contributed by atoms with E-state index in [2.05, 4.69) is 0 Å². The molecule has 4 nitrogen and oxygen atoms in total. The van der Waals surface area contributed by atoms with Crippen LogP contribution in [0.4, 0.5) is 0 Å². The van der Waals surface area contributed by atoms with Crippen LogP contribution in [-0.4, -0.2) is 58.6 Å². The number of nitrogens with zero attached hydrogens (tertiary/aromatic N) is 2. The number of rotatable bonds is 4. The van der Waals surface area contributed by atoms with Crippen LogP contribution < -0.4 is 0 Å². The molecule has 88 valence electrons. The first kappa shape index (κ1) is 12.5. The second-order valence-electron chi connectivity index (χ2n) is 4.84. The highest BCUT2D eigenvalue weighted by atomic mass is 16.3. The van der Waals surface area contributed by atoms with Crippen molar-refractivity contribution in [2.45, 2.75) is 45.9 Å². The van der Waals surface area contributed by atoms with Gasteiger partial charge in [0.25, 0.3) is 0 Å². The van der Waals surface area contributed by atoms with Gasteiger partial charge in [0.1, 0.15) is 0 Å². The SMILES string of the molecule is CC(C)N(C(=O)CN1CC(O)C1)C(C)C. The Morgan fingerprint density at radius 1 is 1.33 bits per heavy atom. The third kappa shape index (κ3) is 3.18. The summed E-state index contributed by atoms with van der Waals surface area (Å²) in [5.41, 5.74) is 0. The predicted molar refractivity (Wildman–Crippen MR) is 59.6 cm³/mol. The molecule has 1 aliphatic rings. The van der Waals surface area contributed by atoms with Crippen molar-refractivity contribution in [1.29, 1.82) is 0 Å². The molecule has 1 amide bonds. The molecule has 0 aliphatic carbocycles. The summed E-state index contributed by atoms with van der Waals surface area (Å²) in [5.74, 6) is 0.159. The normalized spacial score (nSPS) is 18.3. The van der Waals surface area contributed by atoms with Gasteiger partial charge >= 0.3 is 0 Å². The van der Waals surface area contributed by atoms with Gasteiger partial charge in [0.15, 0.2) is 0 Å². The molecule has 0 aromatic carbocycles. The van der Waals surface area contributed by atoms with E-state index in [9.17, 15) is 4.79 Å². The molecule has 0 bridgehead atoms. The molecule has 0 radical (unpaired) electrons. The van der Waals surface area contributed by atoms with Crippen molar-refractivity contribution >= 4 is 5.91 Å². The number of aliphatic hydroxyl groups is 1. The fraction of sp³-hybridized carbons (Fsp3) is 0.909. The van der Waals surface area contributed by atoms with Gasteiger partial charge in [-0.25, -0.2) is 0 Å². The molecule has 0 atom stereocenters. The minimum Gasteiger partial charge on any atom is -0.390 e. The number of amides is 1. The van der Waals surface area contributed by atoms with Crippen molar-refractivity contribution < 1.29 is 9.90 Å². The van der Waals surface area contributed by atoms with Crippen molar-refractivity contribution in [3.05, 3.63) is 0 Å². The lowest BCUT2D eigenvalue weighted by molar-refractivity contribution is -0.138. The van der Waals surface area contributed by atoms with Crippen molar-refractivity contribution in [2.24, 2.45) is 0 Å². The van der Waals surface area contributed by atoms with Crippen molar-refractivity contribution in [1.82, 2.24) is 9.80 Å². The molecule has 0 aromatic heterocycles. The Bertz CT molecular complexity index is 215. The van der Waals surface area contributed by atoms with Crippen molar-refractivity contribution in [3.63, 3.8) is 0 Å². The molecule has 0 spiro atoms. The Morgan fingerprint density at radius 3 is 2.13 bits per heavy atom. The summed E-state index contributed by atoms with van der Waals surface area (Å²) in [6.07, 6.45) is -0.232. The summed E-state index contributed by atoms with van der Waals surface area (Å²) in [4.78, 5) is 15.8. The van der Waals surface area contributed by atoms with E-state index in [1.165, 1.54) is 0 Å². The minimum atomic E-state index is -0.232. The average Bonchev–Trinajstić information content (AvgIpc) is 1.99. The van der Waals surface area contributed by atoms with E-state index < -0.39 is 0 Å². The van der Waals surface area contributed by atoms with Gasteiger partial charge in [-0.2, -0.15) is 0 Å². The maximum Gasteiger partial charge on any atom is 0.237 e. The third-order valence-electron chi connectivity index (χ3n) is 2.70. The Hall–Kier alpha value is -0.610. The molecule has 1 N–H and O–H groups in total. The number of aliphatic hydroxyl groups excluding tert-OH is 1. The van der Waals surface area contributed by atoms with Crippen LogP contribution in [0.1, 0.15) is 27.7 Å². The quantitative estimate of drug-likeness (QED) is 0.732. The second-order valence-corrected chi connectivity index (χ2v) is 4.84. The van der Waals surface area contributed by atoms with Gasteiger partial charge in [0.05, 0.1) is 12.6 Å². The molecule has 1 aliphatic heterocycles. The Morgan fingerprint density at radius 2 is 1.80 bits per heavy atom. The minimum absolute atomic E-state index is 0.159. The van der Waals surface area contributed by atoms with Crippen LogP contribution in [0.5, 0.6) is 0 Å². The fourth-order valence-corrected chi connectivity index (χ4v) is 2.12. The molecule has 1 fully saturated rings. The lowest BCUT2D eigenvalue weighted by atomic mass is 10.1. The van der Waals surface area contributed by atoms with Gasteiger partial charge in [-0.15, -0.1) is 0 Å². The van der Waals surface area contributed by atoms with Gasteiger partial charge < -0.3 is 10.0 Å². The zero-order valence-electron chi connectivity index (χ0n) is 10.1. The molecule has 15 heavy (non-hydrogen) atoms. The maximum absolute atomic E-state index is 11.9. The zero-order chi connectivity index (χ0) is 11.6. The topological polar surface area (TPSA) is 43.8 Å². The molecule has 1 saturated heterocycles. The number of hydrogen-bond acceptors (Lipinski definition) is 3. The van der Waals surface area contributed by atoms with Gasteiger partial charge in [0.2, 0.25) is 5.91 Å². The van der Waals surface area contributed by atoms with Gasteiger partial charge in [-0.05, 0) is 27.7 Å². The molecular weight excluding hydrogens is 192 g/mol. The van der Waals surface area contributed by atoms with Crippen LogP contribution in [0.2, 0.25) is 0 Å². The molecule has 1 rings (SSSR count). The smallest absolute Gasteiger partial charge is 0.237 e. The Balaban J connectivity index is 2.43. The van der Waals surface area contributed by atoms with Gasteiger partial charge in [0, 0.05) is 25.2 Å². The largest absolute Gasteiger partial charge is 0.390 e. The molecule has 1 heterocycles. The number of carbonyl (C=O) groups excluding carboxylic acids is 1. The summed E-state index contributed by atoms with van der Waals surface area (Å²) in [7, 11) is 0. The number of carbonyl (C=O) groups is 1. The number of hydrogen-bond donors (Lipinski definition) is 1. The van der Waals surface area contributed by atoms with E-state index >= 15 is 0 Å². The van der Waals surface area contributed by atoms with Gasteiger partial charge in [-0.3, -0.25) is 9.69 Å². The molecule has 4 heteroatoms. The second kappa shape index (κ2) is 4.94. The van der Waals surface area contributed by atoms with Crippen molar-refractivity contribution in [2.75, 3.05) is 19.6 Å². The van der Waals surface area contributed by atoms with Crippen LogP contribution >= 0.6 is 0 Å². The van der Waals surface area contributed by atoms with E-state index in [1.54, 1.807) is 0 Å². The molecule has 0 unspecified atom stereocenters. The average molecular weight is 214 g/mol. The summed E-state index contributed by atoms with van der Waals surface area (Å²) >= 11 is 0. The highest BCUT2D eigenvalue weighted by Crippen LogP contribution is 2.10. The van der Waals surface area contributed by atoms with Gasteiger partial charge in [-0.1, -0.05) is 0 Å². The van der Waals surface area contributed by atoms with Crippen LogP contribution in [0.3, 0.4) is 0 Å². The van der Waals surface area contributed by atoms with E-state index in [1.807, 2.05) is 37.5 Å². The highest BCUT2D eigenvalue weighted by molar-refractivity contribution is 5.79. The predicted octanol–water partition coefficient (Wildman–Crippen LogP) is 0.308. The van der Waals surface area contributed by atoms with E-state index in [0.717, 1.165) is 0 Å². The number of likely N-dealkylation sites (tertiary alicyclic amines) is 1. The summed E-state index contributed by atoms with van der Waals surface area (Å²) in [6, 6.07) is 0.479. The summed E-state index contributed by atoms with van der Waals surface area (Å²) in [6.45, 7) is 9.83. The van der Waals surface area contributed by atoms with Crippen LogP contribution in [-0.2, 0) is 4.79 Å². The summed E-state index contributed by atoms with van der Waals surface area (Å²) < 4.78 is 0.